The Hall–Kier alpha value is -2.19. The van der Waals surface area contributed by atoms with E-state index in [1.54, 1.807) is 23.9 Å². The summed E-state index contributed by atoms with van der Waals surface area (Å²) in [6.07, 6.45) is 0. The predicted octanol–water partition coefficient (Wildman–Crippen LogP) is 2.95. The van der Waals surface area contributed by atoms with Gasteiger partial charge in [0.25, 0.3) is 10.0 Å². The molecule has 1 amide bonds. The molecule has 1 N–H and O–H groups in total. The van der Waals surface area contributed by atoms with Crippen LogP contribution in [0, 0.1) is 0 Å². The lowest BCUT2D eigenvalue weighted by molar-refractivity contribution is -0.114. The normalized spacial score (nSPS) is 13.9. The van der Waals surface area contributed by atoms with Gasteiger partial charge < -0.3 is 10.1 Å². The van der Waals surface area contributed by atoms with Crippen LogP contribution in [0.15, 0.2) is 52.3 Å². The minimum absolute atomic E-state index is 0.110. The number of para-hydroxylation sites is 1. The number of fused-ring (bicyclic) bond motifs is 1. The minimum atomic E-state index is -3.75. The van der Waals surface area contributed by atoms with Crippen molar-refractivity contribution in [2.24, 2.45) is 0 Å². The molecule has 0 radical (unpaired) electrons. The number of rotatable bonds is 4. The van der Waals surface area contributed by atoms with E-state index < -0.39 is 10.0 Å². The summed E-state index contributed by atoms with van der Waals surface area (Å²) in [7, 11) is -2.28. The third-order valence-corrected chi connectivity index (χ3v) is 6.61. The molecule has 1 heterocycles. The second kappa shape index (κ2) is 6.97. The molecule has 0 saturated carbocycles. The monoisotopic (exact) mass is 378 g/mol. The number of ether oxygens (including phenoxy) is 1. The van der Waals surface area contributed by atoms with E-state index in [4.69, 9.17) is 4.74 Å². The Balaban J connectivity index is 2.05. The lowest BCUT2D eigenvalue weighted by Crippen LogP contribution is -2.35. The number of amides is 1. The molecule has 2 aromatic carbocycles. The highest BCUT2D eigenvalue weighted by Gasteiger charge is 2.29. The summed E-state index contributed by atoms with van der Waals surface area (Å²) in [6, 6.07) is 11.9. The van der Waals surface area contributed by atoms with E-state index >= 15 is 0 Å². The van der Waals surface area contributed by atoms with Crippen molar-refractivity contribution in [3.05, 3.63) is 42.5 Å². The summed E-state index contributed by atoms with van der Waals surface area (Å²) in [6.45, 7) is 1.75. The molecule has 132 valence electrons. The summed E-state index contributed by atoms with van der Waals surface area (Å²) < 4.78 is 32.9. The number of carbonyl (C=O) groups excluding carboxylic acids is 1. The van der Waals surface area contributed by atoms with E-state index in [0.29, 0.717) is 29.4 Å². The number of hydrogen-bond acceptors (Lipinski definition) is 5. The number of anilines is 2. The molecule has 0 aliphatic carbocycles. The van der Waals surface area contributed by atoms with Gasteiger partial charge in [0, 0.05) is 24.1 Å². The van der Waals surface area contributed by atoms with Gasteiger partial charge in [-0.3, -0.25) is 9.10 Å². The van der Waals surface area contributed by atoms with Crippen molar-refractivity contribution >= 4 is 39.1 Å². The standard InChI is InChI=1S/C17H18N2O4S2/c1-12(20)18-14-11-13(7-8-16(14)23-2)25(21,22)19-9-10-24-17-6-4-3-5-15(17)19/h3-8,11H,9-10H2,1-2H3,(H,18,20). The van der Waals surface area contributed by atoms with Gasteiger partial charge in [-0.2, -0.15) is 0 Å². The van der Waals surface area contributed by atoms with Crippen LogP contribution in [0.3, 0.4) is 0 Å². The third kappa shape index (κ3) is 3.45. The van der Waals surface area contributed by atoms with Gasteiger partial charge in [0.1, 0.15) is 5.75 Å². The van der Waals surface area contributed by atoms with Gasteiger partial charge in [-0.25, -0.2) is 8.42 Å². The maximum Gasteiger partial charge on any atom is 0.264 e. The molecular formula is C17H18N2O4S2. The second-order valence-corrected chi connectivity index (χ2v) is 8.44. The summed E-state index contributed by atoms with van der Waals surface area (Å²) in [5, 5.41) is 2.61. The smallest absolute Gasteiger partial charge is 0.264 e. The highest BCUT2D eigenvalue weighted by Crippen LogP contribution is 2.38. The number of sulfonamides is 1. The summed E-state index contributed by atoms with van der Waals surface area (Å²) in [4.78, 5) is 12.4. The molecule has 1 aliphatic rings. The van der Waals surface area contributed by atoms with Crippen LogP contribution in [-0.4, -0.2) is 33.7 Å². The van der Waals surface area contributed by atoms with Gasteiger partial charge in [0.05, 0.1) is 23.4 Å². The van der Waals surface area contributed by atoms with Gasteiger partial charge in [0.2, 0.25) is 5.91 Å². The molecule has 0 unspecified atom stereocenters. The first kappa shape index (κ1) is 17.6. The first-order valence-corrected chi connectivity index (χ1v) is 10.1. The topological polar surface area (TPSA) is 75.7 Å². The van der Waals surface area contributed by atoms with Crippen LogP contribution >= 0.6 is 11.8 Å². The summed E-state index contributed by atoms with van der Waals surface area (Å²) >= 11 is 1.64. The summed E-state index contributed by atoms with van der Waals surface area (Å²) in [5.74, 6) is 0.793. The van der Waals surface area contributed by atoms with Crippen molar-refractivity contribution in [3.63, 3.8) is 0 Å². The number of benzene rings is 2. The van der Waals surface area contributed by atoms with Crippen molar-refractivity contribution in [2.45, 2.75) is 16.7 Å². The lowest BCUT2D eigenvalue weighted by Gasteiger charge is -2.30. The van der Waals surface area contributed by atoms with Crippen LogP contribution < -0.4 is 14.4 Å². The van der Waals surface area contributed by atoms with E-state index in [2.05, 4.69) is 5.32 Å². The van der Waals surface area contributed by atoms with Crippen LogP contribution in [0.1, 0.15) is 6.92 Å². The number of thioether (sulfide) groups is 1. The van der Waals surface area contributed by atoms with E-state index in [9.17, 15) is 13.2 Å². The highest BCUT2D eigenvalue weighted by atomic mass is 32.2. The molecule has 2 aromatic rings. The maximum absolute atomic E-state index is 13.2. The Morgan fingerprint density at radius 1 is 1.24 bits per heavy atom. The van der Waals surface area contributed by atoms with E-state index in [0.717, 1.165) is 4.90 Å². The fourth-order valence-electron chi connectivity index (χ4n) is 2.66. The van der Waals surface area contributed by atoms with Crippen molar-refractivity contribution in [1.82, 2.24) is 0 Å². The fourth-order valence-corrected chi connectivity index (χ4v) is 5.34. The van der Waals surface area contributed by atoms with Crippen LogP contribution in [0.5, 0.6) is 5.75 Å². The highest BCUT2D eigenvalue weighted by molar-refractivity contribution is 8.00. The Morgan fingerprint density at radius 2 is 2.00 bits per heavy atom. The zero-order valence-electron chi connectivity index (χ0n) is 13.9. The molecule has 25 heavy (non-hydrogen) atoms. The molecule has 3 rings (SSSR count). The Bertz CT molecular complexity index is 913. The Kier molecular flexibility index (Phi) is 4.91. The number of nitrogens with one attached hydrogen (secondary N) is 1. The lowest BCUT2D eigenvalue weighted by atomic mass is 10.3. The molecule has 0 saturated heterocycles. The summed E-state index contributed by atoms with van der Waals surface area (Å²) in [5.41, 5.74) is 1.01. The zero-order chi connectivity index (χ0) is 18.0. The average molecular weight is 378 g/mol. The molecule has 0 aromatic heterocycles. The van der Waals surface area contributed by atoms with Gasteiger partial charge in [-0.1, -0.05) is 12.1 Å². The number of carbonyl (C=O) groups is 1. The van der Waals surface area contributed by atoms with Gasteiger partial charge >= 0.3 is 0 Å². The van der Waals surface area contributed by atoms with E-state index in [1.807, 2.05) is 18.2 Å². The molecule has 1 aliphatic heterocycles. The van der Waals surface area contributed by atoms with Crippen molar-refractivity contribution in [2.75, 3.05) is 29.0 Å². The first-order valence-electron chi connectivity index (χ1n) is 7.63. The van der Waals surface area contributed by atoms with E-state index in [-0.39, 0.29) is 10.8 Å². The van der Waals surface area contributed by atoms with Crippen LogP contribution in [0.25, 0.3) is 0 Å². The number of hydrogen-bond donors (Lipinski definition) is 1. The maximum atomic E-state index is 13.2. The molecule has 0 atom stereocenters. The molecular weight excluding hydrogens is 360 g/mol. The Morgan fingerprint density at radius 3 is 2.72 bits per heavy atom. The van der Waals surface area contributed by atoms with Crippen molar-refractivity contribution in [1.29, 1.82) is 0 Å². The van der Waals surface area contributed by atoms with Crippen LogP contribution in [0.4, 0.5) is 11.4 Å². The Labute approximate surface area is 151 Å². The minimum Gasteiger partial charge on any atom is -0.495 e. The largest absolute Gasteiger partial charge is 0.495 e. The number of methoxy groups -OCH3 is 1. The van der Waals surface area contributed by atoms with Gasteiger partial charge in [-0.05, 0) is 30.3 Å². The third-order valence-electron chi connectivity index (χ3n) is 3.76. The first-order chi connectivity index (χ1) is 11.9. The molecule has 8 heteroatoms. The van der Waals surface area contributed by atoms with Gasteiger partial charge in [-0.15, -0.1) is 11.8 Å². The number of nitrogens with zero attached hydrogens (tertiary/aromatic N) is 1. The van der Waals surface area contributed by atoms with Crippen molar-refractivity contribution < 1.29 is 17.9 Å². The SMILES string of the molecule is COc1ccc(S(=O)(=O)N2CCSc3ccccc32)cc1NC(C)=O. The van der Waals surface area contributed by atoms with Crippen molar-refractivity contribution in [3.8, 4) is 5.75 Å². The zero-order valence-corrected chi connectivity index (χ0v) is 15.5. The van der Waals surface area contributed by atoms with Crippen LogP contribution in [0.2, 0.25) is 0 Å². The van der Waals surface area contributed by atoms with Gasteiger partial charge in [0.15, 0.2) is 0 Å². The molecule has 0 spiro atoms. The second-order valence-electron chi connectivity index (χ2n) is 5.44. The molecule has 6 nitrogen and oxygen atoms in total. The average Bonchev–Trinajstić information content (AvgIpc) is 2.60. The fraction of sp³-hybridized carbons (Fsp3) is 0.235. The predicted molar refractivity (Wildman–Crippen MR) is 99.0 cm³/mol. The molecule has 0 fully saturated rings. The van der Waals surface area contributed by atoms with E-state index in [1.165, 1.54) is 30.5 Å². The quantitative estimate of drug-likeness (QED) is 0.885. The molecule has 0 bridgehead atoms. The van der Waals surface area contributed by atoms with Crippen LogP contribution in [-0.2, 0) is 14.8 Å².